The Labute approximate surface area is 149 Å². The molecule has 5 nitrogen and oxygen atoms in total. The van der Waals surface area contributed by atoms with Gasteiger partial charge in [0.25, 0.3) is 0 Å². The fourth-order valence-electron chi connectivity index (χ4n) is 2.42. The molecule has 1 amide bonds. The first kappa shape index (κ1) is 17.2. The van der Waals surface area contributed by atoms with Crippen LogP contribution in [0.2, 0.25) is 0 Å². The second-order valence-corrected chi connectivity index (χ2v) is 6.13. The number of rotatable bonds is 6. The van der Waals surface area contributed by atoms with Crippen molar-refractivity contribution in [2.45, 2.75) is 18.1 Å². The number of nitrogens with zero attached hydrogens (tertiary/aromatic N) is 3. The summed E-state index contributed by atoms with van der Waals surface area (Å²) in [5, 5.41) is 11.8. The van der Waals surface area contributed by atoms with Gasteiger partial charge in [0, 0.05) is 5.69 Å². The van der Waals surface area contributed by atoms with E-state index in [4.69, 9.17) is 0 Å². The number of hydrogen-bond donors (Lipinski definition) is 1. The van der Waals surface area contributed by atoms with Crippen LogP contribution in [0.15, 0.2) is 59.8 Å². The van der Waals surface area contributed by atoms with Crippen molar-refractivity contribution >= 4 is 17.7 Å². The lowest BCUT2D eigenvalue weighted by Crippen LogP contribution is -2.26. The molecule has 0 fully saturated rings. The molecule has 0 aliphatic heterocycles. The molecule has 1 aromatic heterocycles. The Hall–Kier alpha value is -2.67. The van der Waals surface area contributed by atoms with Gasteiger partial charge in [0.2, 0.25) is 5.91 Å². The number of carbonyl (C=O) groups is 1. The fraction of sp³-hybridized carbons (Fsp3) is 0.167. The summed E-state index contributed by atoms with van der Waals surface area (Å²) in [5.74, 6) is 0.197. The number of aromatic nitrogens is 3. The Morgan fingerprint density at radius 3 is 2.52 bits per heavy atom. The largest absolute Gasteiger partial charge is 0.348 e. The van der Waals surface area contributed by atoms with E-state index in [-0.39, 0.29) is 18.3 Å². The van der Waals surface area contributed by atoms with Crippen LogP contribution < -0.4 is 5.32 Å². The molecule has 128 valence electrons. The minimum absolute atomic E-state index is 0.0921. The second kappa shape index (κ2) is 7.94. The Morgan fingerprint density at radius 1 is 1.12 bits per heavy atom. The van der Waals surface area contributed by atoms with Gasteiger partial charge in [0.15, 0.2) is 11.0 Å². The quantitative estimate of drug-likeness (QED) is 0.690. The third kappa shape index (κ3) is 4.24. The number of thioether (sulfide) groups is 1. The molecule has 0 saturated heterocycles. The predicted molar refractivity (Wildman–Crippen MR) is 95.1 cm³/mol. The van der Waals surface area contributed by atoms with Gasteiger partial charge in [-0.25, -0.2) is 4.39 Å². The van der Waals surface area contributed by atoms with E-state index < -0.39 is 0 Å². The zero-order valence-electron chi connectivity index (χ0n) is 13.6. The number of halogens is 1. The van der Waals surface area contributed by atoms with Crippen LogP contribution in [0.5, 0.6) is 0 Å². The second-order valence-electron chi connectivity index (χ2n) is 5.35. The van der Waals surface area contributed by atoms with Crippen molar-refractivity contribution in [2.75, 3.05) is 6.26 Å². The summed E-state index contributed by atoms with van der Waals surface area (Å²) in [6.07, 6.45) is 2.20. The van der Waals surface area contributed by atoms with E-state index in [9.17, 15) is 9.18 Å². The molecule has 0 aliphatic carbocycles. The Bertz CT molecular complexity index is 849. The fourth-order valence-corrected chi connectivity index (χ4v) is 2.93. The lowest BCUT2D eigenvalue weighted by Gasteiger charge is -2.10. The van der Waals surface area contributed by atoms with Crippen LogP contribution in [0.4, 0.5) is 4.39 Å². The summed E-state index contributed by atoms with van der Waals surface area (Å²) < 4.78 is 15.0. The summed E-state index contributed by atoms with van der Waals surface area (Å²) in [5.41, 5.74) is 1.70. The van der Waals surface area contributed by atoms with Gasteiger partial charge in [-0.15, -0.1) is 10.2 Å². The first-order valence-corrected chi connectivity index (χ1v) is 8.94. The average molecular weight is 356 g/mol. The monoisotopic (exact) mass is 356 g/mol. The summed E-state index contributed by atoms with van der Waals surface area (Å²) in [6.45, 7) is 0.247. The number of hydrogen-bond acceptors (Lipinski definition) is 4. The van der Waals surface area contributed by atoms with E-state index >= 15 is 0 Å². The first-order valence-electron chi connectivity index (χ1n) is 7.72. The summed E-state index contributed by atoms with van der Waals surface area (Å²) in [4.78, 5) is 12.1. The van der Waals surface area contributed by atoms with Crippen LogP contribution in [0.25, 0.3) is 5.69 Å². The van der Waals surface area contributed by atoms with Crippen LogP contribution >= 0.6 is 11.8 Å². The highest BCUT2D eigenvalue weighted by Gasteiger charge is 2.14. The van der Waals surface area contributed by atoms with Crippen molar-refractivity contribution in [3.05, 3.63) is 71.8 Å². The highest BCUT2D eigenvalue weighted by Crippen LogP contribution is 2.20. The molecule has 0 unspecified atom stereocenters. The molecule has 3 rings (SSSR count). The van der Waals surface area contributed by atoms with Crippen molar-refractivity contribution < 1.29 is 9.18 Å². The van der Waals surface area contributed by atoms with Gasteiger partial charge in [-0.05, 0) is 36.1 Å². The van der Waals surface area contributed by atoms with Gasteiger partial charge in [-0.3, -0.25) is 9.36 Å². The molecule has 0 bridgehead atoms. The van der Waals surface area contributed by atoms with E-state index in [1.807, 2.05) is 41.2 Å². The molecular formula is C18H17FN4OS. The first-order chi connectivity index (χ1) is 12.2. The molecule has 0 spiro atoms. The van der Waals surface area contributed by atoms with E-state index in [0.717, 1.165) is 11.3 Å². The number of benzene rings is 2. The van der Waals surface area contributed by atoms with Crippen molar-refractivity contribution in [3.63, 3.8) is 0 Å². The van der Waals surface area contributed by atoms with Crippen LogP contribution in [0.1, 0.15) is 11.4 Å². The summed E-state index contributed by atoms with van der Waals surface area (Å²) in [6, 6.07) is 15.6. The van der Waals surface area contributed by atoms with Gasteiger partial charge >= 0.3 is 0 Å². The average Bonchev–Trinajstić information content (AvgIpc) is 3.04. The van der Waals surface area contributed by atoms with Gasteiger partial charge in [-0.2, -0.15) is 0 Å². The standard InChI is InChI=1S/C18H17FN4OS/c1-25-18-22-21-16(23(18)15-9-7-14(19)8-10-15)12-20-17(24)11-13-5-3-2-4-6-13/h2-10H,11-12H2,1H3,(H,20,24). The Kier molecular flexibility index (Phi) is 5.45. The zero-order chi connectivity index (χ0) is 17.6. The molecule has 0 saturated carbocycles. The molecule has 25 heavy (non-hydrogen) atoms. The van der Waals surface area contributed by atoms with Crippen LogP contribution in [-0.4, -0.2) is 26.9 Å². The van der Waals surface area contributed by atoms with Gasteiger partial charge in [0.05, 0.1) is 13.0 Å². The Morgan fingerprint density at radius 2 is 1.84 bits per heavy atom. The minimum Gasteiger partial charge on any atom is -0.348 e. The molecule has 3 aromatic rings. The topological polar surface area (TPSA) is 59.8 Å². The van der Waals surface area contributed by atoms with E-state index in [2.05, 4.69) is 15.5 Å². The lowest BCUT2D eigenvalue weighted by molar-refractivity contribution is -0.120. The minimum atomic E-state index is -0.305. The molecule has 0 atom stereocenters. The maximum Gasteiger partial charge on any atom is 0.224 e. The van der Waals surface area contributed by atoms with Crippen LogP contribution in [-0.2, 0) is 17.8 Å². The maximum absolute atomic E-state index is 13.2. The normalized spacial score (nSPS) is 10.6. The predicted octanol–water partition coefficient (Wildman–Crippen LogP) is 2.99. The molecular weight excluding hydrogens is 339 g/mol. The van der Waals surface area contributed by atoms with Crippen molar-refractivity contribution in [1.82, 2.24) is 20.1 Å². The Balaban J connectivity index is 1.73. The SMILES string of the molecule is CSc1nnc(CNC(=O)Cc2ccccc2)n1-c1ccc(F)cc1. The van der Waals surface area contributed by atoms with Crippen molar-refractivity contribution in [3.8, 4) is 5.69 Å². The molecule has 2 aromatic carbocycles. The van der Waals surface area contributed by atoms with Gasteiger partial charge in [-0.1, -0.05) is 42.1 Å². The van der Waals surface area contributed by atoms with Crippen molar-refractivity contribution in [2.24, 2.45) is 0 Å². The van der Waals surface area contributed by atoms with E-state index in [1.165, 1.54) is 23.9 Å². The molecule has 0 radical (unpaired) electrons. The van der Waals surface area contributed by atoms with Gasteiger partial charge in [0.1, 0.15) is 5.82 Å². The van der Waals surface area contributed by atoms with Crippen molar-refractivity contribution in [1.29, 1.82) is 0 Å². The van der Waals surface area contributed by atoms with Crippen LogP contribution in [0, 0.1) is 5.82 Å². The molecule has 7 heteroatoms. The third-order valence-corrected chi connectivity index (χ3v) is 4.25. The zero-order valence-corrected chi connectivity index (χ0v) is 14.5. The number of amides is 1. The smallest absolute Gasteiger partial charge is 0.224 e. The van der Waals surface area contributed by atoms with E-state index in [1.54, 1.807) is 12.1 Å². The van der Waals surface area contributed by atoms with E-state index in [0.29, 0.717) is 17.4 Å². The highest BCUT2D eigenvalue weighted by molar-refractivity contribution is 7.98. The lowest BCUT2D eigenvalue weighted by atomic mass is 10.1. The molecule has 0 aliphatic rings. The summed E-state index contributed by atoms with van der Waals surface area (Å²) in [7, 11) is 0. The van der Waals surface area contributed by atoms with Gasteiger partial charge < -0.3 is 5.32 Å². The molecule has 1 heterocycles. The third-order valence-electron chi connectivity index (χ3n) is 3.62. The number of nitrogens with one attached hydrogen (secondary N) is 1. The summed E-state index contributed by atoms with van der Waals surface area (Å²) >= 11 is 1.44. The van der Waals surface area contributed by atoms with Crippen LogP contribution in [0.3, 0.4) is 0 Å². The number of carbonyl (C=O) groups excluding carboxylic acids is 1. The highest BCUT2D eigenvalue weighted by atomic mass is 32.2. The molecule has 1 N–H and O–H groups in total. The maximum atomic E-state index is 13.2.